The van der Waals surface area contributed by atoms with Gasteiger partial charge in [-0.15, -0.1) is 0 Å². The van der Waals surface area contributed by atoms with E-state index in [1.165, 1.54) is 12.8 Å². The highest BCUT2D eigenvalue weighted by atomic mass is 35.5. The predicted octanol–water partition coefficient (Wildman–Crippen LogP) is 3.63. The second kappa shape index (κ2) is 4.46. The molecule has 1 unspecified atom stereocenters. The van der Waals surface area contributed by atoms with Gasteiger partial charge in [0.05, 0.1) is 0 Å². The van der Waals surface area contributed by atoms with Gasteiger partial charge >= 0.3 is 0 Å². The Bertz CT molecular complexity index is 412. The van der Waals surface area contributed by atoms with E-state index in [4.69, 9.17) is 11.6 Å². The molecule has 0 aromatic heterocycles. The standard InChI is InChI=1S/C13H16ClNO/c1-8-7-11(14)5-6-12(8)15-13(16)9(2)10-3-4-10/h5-7,9-10H,3-4H2,1-2H3,(H,15,16). The lowest BCUT2D eigenvalue weighted by atomic mass is 10.1. The molecule has 1 amide bonds. The summed E-state index contributed by atoms with van der Waals surface area (Å²) in [6.45, 7) is 3.95. The number of carbonyl (C=O) groups excluding carboxylic acids is 1. The number of rotatable bonds is 3. The topological polar surface area (TPSA) is 29.1 Å². The fourth-order valence-corrected chi connectivity index (χ4v) is 2.05. The normalized spacial score (nSPS) is 16.9. The second-order valence-corrected chi connectivity index (χ2v) is 5.01. The van der Waals surface area contributed by atoms with Gasteiger partial charge in [0, 0.05) is 16.6 Å². The molecular formula is C13H16ClNO. The third kappa shape index (κ3) is 2.56. The van der Waals surface area contributed by atoms with E-state index < -0.39 is 0 Å². The summed E-state index contributed by atoms with van der Waals surface area (Å²) in [4.78, 5) is 11.9. The first kappa shape index (κ1) is 11.5. The molecule has 0 radical (unpaired) electrons. The monoisotopic (exact) mass is 237 g/mol. The molecule has 3 heteroatoms. The van der Waals surface area contributed by atoms with Crippen LogP contribution in [0.15, 0.2) is 18.2 Å². The van der Waals surface area contributed by atoms with Crippen LogP contribution in [-0.4, -0.2) is 5.91 Å². The fourth-order valence-electron chi connectivity index (χ4n) is 1.82. The van der Waals surface area contributed by atoms with Gasteiger partial charge in [0.2, 0.25) is 5.91 Å². The molecule has 1 aliphatic rings. The van der Waals surface area contributed by atoms with E-state index in [1.807, 2.05) is 26.0 Å². The van der Waals surface area contributed by atoms with E-state index in [0.717, 1.165) is 11.3 Å². The van der Waals surface area contributed by atoms with Crippen molar-refractivity contribution < 1.29 is 4.79 Å². The third-order valence-corrected chi connectivity index (χ3v) is 3.42. The summed E-state index contributed by atoms with van der Waals surface area (Å²) in [7, 11) is 0. The van der Waals surface area contributed by atoms with Crippen molar-refractivity contribution in [1.82, 2.24) is 0 Å². The van der Waals surface area contributed by atoms with Crippen LogP contribution in [0.25, 0.3) is 0 Å². The Morgan fingerprint density at radius 2 is 2.19 bits per heavy atom. The fraction of sp³-hybridized carbons (Fsp3) is 0.462. The van der Waals surface area contributed by atoms with Crippen LogP contribution in [0, 0.1) is 18.8 Å². The first-order valence-corrected chi connectivity index (χ1v) is 6.02. The number of amides is 1. The van der Waals surface area contributed by atoms with Crippen LogP contribution in [0.3, 0.4) is 0 Å². The number of halogens is 1. The average molecular weight is 238 g/mol. The second-order valence-electron chi connectivity index (χ2n) is 4.57. The average Bonchev–Trinajstić information content (AvgIpc) is 3.04. The molecule has 0 aliphatic heterocycles. The predicted molar refractivity (Wildman–Crippen MR) is 66.7 cm³/mol. The van der Waals surface area contributed by atoms with Crippen LogP contribution in [0.4, 0.5) is 5.69 Å². The Morgan fingerprint density at radius 3 is 2.75 bits per heavy atom. The molecule has 1 N–H and O–H groups in total. The maximum atomic E-state index is 11.9. The summed E-state index contributed by atoms with van der Waals surface area (Å²) >= 11 is 5.86. The Labute approximate surface area is 101 Å². The number of anilines is 1. The number of carbonyl (C=O) groups is 1. The van der Waals surface area contributed by atoms with Crippen molar-refractivity contribution in [1.29, 1.82) is 0 Å². The lowest BCUT2D eigenvalue weighted by Gasteiger charge is -2.13. The van der Waals surface area contributed by atoms with Crippen molar-refractivity contribution in [3.8, 4) is 0 Å². The van der Waals surface area contributed by atoms with Crippen LogP contribution in [0.1, 0.15) is 25.3 Å². The van der Waals surface area contributed by atoms with E-state index in [9.17, 15) is 4.79 Å². The van der Waals surface area contributed by atoms with Crippen molar-refractivity contribution >= 4 is 23.2 Å². The number of benzene rings is 1. The third-order valence-electron chi connectivity index (χ3n) is 3.19. The van der Waals surface area contributed by atoms with E-state index in [2.05, 4.69) is 5.32 Å². The molecule has 2 nitrogen and oxygen atoms in total. The molecule has 2 rings (SSSR count). The van der Waals surface area contributed by atoms with Gasteiger partial charge < -0.3 is 5.32 Å². The summed E-state index contributed by atoms with van der Waals surface area (Å²) in [5, 5.41) is 3.66. The van der Waals surface area contributed by atoms with Crippen LogP contribution in [-0.2, 0) is 4.79 Å². The Morgan fingerprint density at radius 1 is 1.50 bits per heavy atom. The molecule has 1 aliphatic carbocycles. The zero-order valence-electron chi connectivity index (χ0n) is 9.59. The van der Waals surface area contributed by atoms with Gasteiger partial charge in [0.25, 0.3) is 0 Å². The van der Waals surface area contributed by atoms with Gasteiger partial charge in [-0.25, -0.2) is 0 Å². The molecule has 1 fully saturated rings. The van der Waals surface area contributed by atoms with Gasteiger partial charge in [-0.05, 0) is 49.4 Å². The molecule has 86 valence electrons. The van der Waals surface area contributed by atoms with Crippen molar-refractivity contribution in [2.75, 3.05) is 5.32 Å². The maximum absolute atomic E-state index is 11.9. The summed E-state index contributed by atoms with van der Waals surface area (Å²) in [5.74, 6) is 0.829. The van der Waals surface area contributed by atoms with Gasteiger partial charge in [0.15, 0.2) is 0 Å². The minimum atomic E-state index is 0.118. The van der Waals surface area contributed by atoms with Crippen LogP contribution >= 0.6 is 11.6 Å². The Hall–Kier alpha value is -1.02. The molecule has 1 aromatic carbocycles. The van der Waals surface area contributed by atoms with E-state index in [1.54, 1.807) is 6.07 Å². The molecule has 1 atom stereocenters. The van der Waals surface area contributed by atoms with Gasteiger partial charge in [-0.2, -0.15) is 0 Å². The first-order chi connectivity index (χ1) is 7.58. The van der Waals surface area contributed by atoms with E-state index in [0.29, 0.717) is 10.9 Å². The number of hydrogen-bond donors (Lipinski definition) is 1. The maximum Gasteiger partial charge on any atom is 0.227 e. The number of hydrogen-bond acceptors (Lipinski definition) is 1. The number of aryl methyl sites for hydroxylation is 1. The summed E-state index contributed by atoms with van der Waals surface area (Å²) in [5.41, 5.74) is 1.87. The molecule has 0 saturated heterocycles. The molecule has 1 saturated carbocycles. The van der Waals surface area contributed by atoms with Gasteiger partial charge in [-0.1, -0.05) is 18.5 Å². The summed E-state index contributed by atoms with van der Waals surface area (Å²) < 4.78 is 0. The Kier molecular flexibility index (Phi) is 3.20. The largest absolute Gasteiger partial charge is 0.326 e. The highest BCUT2D eigenvalue weighted by molar-refractivity contribution is 6.30. The SMILES string of the molecule is Cc1cc(Cl)ccc1NC(=O)C(C)C1CC1. The minimum Gasteiger partial charge on any atom is -0.326 e. The van der Waals surface area contributed by atoms with Gasteiger partial charge in [0.1, 0.15) is 0 Å². The summed E-state index contributed by atoms with van der Waals surface area (Å²) in [6.07, 6.45) is 2.38. The zero-order chi connectivity index (χ0) is 11.7. The number of nitrogens with one attached hydrogen (secondary N) is 1. The molecule has 1 aromatic rings. The molecule has 16 heavy (non-hydrogen) atoms. The highest BCUT2D eigenvalue weighted by Crippen LogP contribution is 2.37. The molecular weight excluding hydrogens is 222 g/mol. The molecule has 0 heterocycles. The molecule has 0 bridgehead atoms. The summed E-state index contributed by atoms with van der Waals surface area (Å²) in [6, 6.07) is 5.51. The lowest BCUT2D eigenvalue weighted by molar-refractivity contribution is -0.119. The smallest absolute Gasteiger partial charge is 0.227 e. The van der Waals surface area contributed by atoms with Crippen molar-refractivity contribution in [2.45, 2.75) is 26.7 Å². The van der Waals surface area contributed by atoms with Crippen molar-refractivity contribution in [3.63, 3.8) is 0 Å². The van der Waals surface area contributed by atoms with Crippen LogP contribution in [0.2, 0.25) is 5.02 Å². The van der Waals surface area contributed by atoms with E-state index >= 15 is 0 Å². The van der Waals surface area contributed by atoms with Gasteiger partial charge in [-0.3, -0.25) is 4.79 Å². The lowest BCUT2D eigenvalue weighted by Crippen LogP contribution is -2.22. The van der Waals surface area contributed by atoms with Crippen molar-refractivity contribution in [3.05, 3.63) is 28.8 Å². The zero-order valence-corrected chi connectivity index (χ0v) is 10.3. The highest BCUT2D eigenvalue weighted by Gasteiger charge is 2.32. The van der Waals surface area contributed by atoms with E-state index in [-0.39, 0.29) is 11.8 Å². The van der Waals surface area contributed by atoms with Crippen LogP contribution in [0.5, 0.6) is 0 Å². The minimum absolute atomic E-state index is 0.118. The quantitative estimate of drug-likeness (QED) is 0.855. The Balaban J connectivity index is 2.05. The first-order valence-electron chi connectivity index (χ1n) is 5.65. The molecule has 0 spiro atoms. The van der Waals surface area contributed by atoms with Crippen LogP contribution < -0.4 is 5.32 Å². The van der Waals surface area contributed by atoms with Crippen molar-refractivity contribution in [2.24, 2.45) is 11.8 Å².